The molecule has 4 aliphatic rings. The summed E-state index contributed by atoms with van der Waals surface area (Å²) in [4.78, 5) is 0. The Hall–Kier alpha value is -0.210. The molecule has 0 spiro atoms. The Morgan fingerprint density at radius 1 is 0.680 bits per heavy atom. The van der Waals surface area contributed by atoms with Crippen molar-refractivity contribution < 1.29 is 13.2 Å². The first kappa shape index (κ1) is 18.2. The van der Waals surface area contributed by atoms with E-state index in [1.807, 2.05) is 6.92 Å². The summed E-state index contributed by atoms with van der Waals surface area (Å²) >= 11 is 0. The summed E-state index contributed by atoms with van der Waals surface area (Å²) < 4.78 is 44.7. The molecule has 0 amide bonds. The highest BCUT2D eigenvalue weighted by Gasteiger charge is 2.63. The molecule has 5 unspecified atom stereocenters. The summed E-state index contributed by atoms with van der Waals surface area (Å²) in [5.74, 6) is -2.32. The predicted octanol–water partition coefficient (Wildman–Crippen LogP) is 7.03. The number of rotatable bonds is 2. The molecule has 4 aliphatic carbocycles. The Kier molecular flexibility index (Phi) is 5.14. The van der Waals surface area contributed by atoms with Gasteiger partial charge in [0, 0.05) is 5.92 Å². The molecule has 5 atom stereocenters. The van der Waals surface area contributed by atoms with Crippen LogP contribution in [0, 0.1) is 41.4 Å². The standard InChI is InChI=1S/C22H35F3/c1-14-11-18-13-19(22(24,25)21(18)20(23)12-14)17-9-7-16(8-10-17)15-5-3-2-4-6-15/h14-21H,2-13H2,1H3. The van der Waals surface area contributed by atoms with Gasteiger partial charge in [-0.25, -0.2) is 13.2 Å². The first-order valence-electron chi connectivity index (χ1n) is 11.0. The average Bonchev–Trinajstić information content (AvgIpc) is 2.86. The van der Waals surface area contributed by atoms with Crippen molar-refractivity contribution >= 4 is 0 Å². The second kappa shape index (κ2) is 7.08. The maximum Gasteiger partial charge on any atom is 0.256 e. The molecule has 0 radical (unpaired) electrons. The molecule has 0 nitrogen and oxygen atoms in total. The van der Waals surface area contributed by atoms with Crippen LogP contribution in [0.3, 0.4) is 0 Å². The van der Waals surface area contributed by atoms with Crippen molar-refractivity contribution in [3.05, 3.63) is 0 Å². The van der Waals surface area contributed by atoms with Crippen LogP contribution in [0.15, 0.2) is 0 Å². The minimum Gasteiger partial charge on any atom is -0.247 e. The van der Waals surface area contributed by atoms with Gasteiger partial charge in [0.2, 0.25) is 0 Å². The highest BCUT2D eigenvalue weighted by atomic mass is 19.3. The molecule has 3 heteroatoms. The lowest BCUT2D eigenvalue weighted by atomic mass is 9.68. The molecule has 0 aromatic carbocycles. The maximum atomic E-state index is 15.1. The highest BCUT2D eigenvalue weighted by molar-refractivity contribution is 5.05. The van der Waals surface area contributed by atoms with Gasteiger partial charge in [-0.2, -0.15) is 0 Å². The molecular weight excluding hydrogens is 321 g/mol. The van der Waals surface area contributed by atoms with Gasteiger partial charge >= 0.3 is 0 Å². The number of hydrogen-bond acceptors (Lipinski definition) is 0. The third kappa shape index (κ3) is 3.38. The fraction of sp³-hybridized carbons (Fsp3) is 1.00. The van der Waals surface area contributed by atoms with E-state index >= 15 is 8.78 Å². The second-order valence-electron chi connectivity index (χ2n) is 9.97. The van der Waals surface area contributed by atoms with E-state index < -0.39 is 23.9 Å². The lowest BCUT2D eigenvalue weighted by molar-refractivity contribution is -0.132. The van der Waals surface area contributed by atoms with Crippen LogP contribution in [0.25, 0.3) is 0 Å². The number of halogens is 3. The largest absolute Gasteiger partial charge is 0.256 e. The lowest BCUT2D eigenvalue weighted by Gasteiger charge is -2.40. The average molecular weight is 357 g/mol. The second-order valence-corrected chi connectivity index (χ2v) is 9.97. The minimum absolute atomic E-state index is 0.0742. The van der Waals surface area contributed by atoms with Gasteiger partial charge in [-0.15, -0.1) is 0 Å². The van der Waals surface area contributed by atoms with Crippen molar-refractivity contribution in [1.29, 1.82) is 0 Å². The number of fused-ring (bicyclic) bond motifs is 1. The molecule has 0 aromatic rings. The molecule has 0 aromatic heterocycles. The fourth-order valence-electron chi connectivity index (χ4n) is 7.25. The van der Waals surface area contributed by atoms with E-state index in [9.17, 15) is 4.39 Å². The Morgan fingerprint density at radius 2 is 1.28 bits per heavy atom. The first-order valence-corrected chi connectivity index (χ1v) is 11.0. The number of hydrogen-bond donors (Lipinski definition) is 0. The van der Waals surface area contributed by atoms with Crippen molar-refractivity contribution in [3.63, 3.8) is 0 Å². The van der Waals surface area contributed by atoms with Crippen LogP contribution < -0.4 is 0 Å². The molecule has 144 valence electrons. The molecule has 0 saturated heterocycles. The summed E-state index contributed by atoms with van der Waals surface area (Å²) in [7, 11) is 0. The van der Waals surface area contributed by atoms with Gasteiger partial charge < -0.3 is 0 Å². The first-order chi connectivity index (χ1) is 12.0. The van der Waals surface area contributed by atoms with Crippen molar-refractivity contribution in [2.75, 3.05) is 0 Å². The Labute approximate surface area is 151 Å². The maximum absolute atomic E-state index is 15.1. The van der Waals surface area contributed by atoms with Crippen molar-refractivity contribution in [1.82, 2.24) is 0 Å². The quantitative estimate of drug-likeness (QED) is 0.498. The summed E-state index contributed by atoms with van der Waals surface area (Å²) in [5, 5.41) is 0. The third-order valence-corrected chi connectivity index (χ3v) is 8.43. The molecule has 0 N–H and O–H groups in total. The molecule has 4 fully saturated rings. The molecule has 25 heavy (non-hydrogen) atoms. The Bertz CT molecular complexity index is 448. The van der Waals surface area contributed by atoms with E-state index in [1.54, 1.807) is 0 Å². The van der Waals surface area contributed by atoms with Crippen molar-refractivity contribution in [3.8, 4) is 0 Å². The van der Waals surface area contributed by atoms with E-state index in [4.69, 9.17) is 0 Å². The predicted molar refractivity (Wildman–Crippen MR) is 95.4 cm³/mol. The van der Waals surface area contributed by atoms with E-state index in [1.165, 1.54) is 32.1 Å². The van der Waals surface area contributed by atoms with Crippen molar-refractivity contribution in [2.45, 2.75) is 96.1 Å². The normalized spacial score (nSPS) is 48.2. The zero-order chi connectivity index (χ0) is 17.6. The summed E-state index contributed by atoms with van der Waals surface area (Å²) in [6.45, 7) is 2.03. The van der Waals surface area contributed by atoms with Crippen LogP contribution in [-0.4, -0.2) is 12.1 Å². The zero-order valence-electron chi connectivity index (χ0n) is 15.7. The van der Waals surface area contributed by atoms with Gasteiger partial charge in [0.15, 0.2) is 0 Å². The van der Waals surface area contributed by atoms with E-state index in [0.29, 0.717) is 12.8 Å². The van der Waals surface area contributed by atoms with Gasteiger partial charge in [-0.05, 0) is 74.5 Å². The molecule has 4 saturated carbocycles. The number of alkyl halides is 3. The lowest BCUT2D eigenvalue weighted by Crippen LogP contribution is -2.43. The van der Waals surface area contributed by atoms with Gasteiger partial charge in [-0.3, -0.25) is 0 Å². The van der Waals surface area contributed by atoms with Crippen LogP contribution in [-0.2, 0) is 0 Å². The molecule has 0 heterocycles. The topological polar surface area (TPSA) is 0 Å². The third-order valence-electron chi connectivity index (χ3n) is 8.43. The fourth-order valence-corrected chi connectivity index (χ4v) is 7.25. The molecular formula is C22H35F3. The smallest absolute Gasteiger partial charge is 0.247 e. The SMILES string of the molecule is CC1CC(F)C2C(C1)CC(C1CCC(C3CCCCC3)CC1)C2(F)F. The minimum atomic E-state index is -2.77. The van der Waals surface area contributed by atoms with Gasteiger partial charge in [-0.1, -0.05) is 39.0 Å². The highest BCUT2D eigenvalue weighted by Crippen LogP contribution is 2.60. The van der Waals surface area contributed by atoms with Crippen LogP contribution in [0.2, 0.25) is 0 Å². The van der Waals surface area contributed by atoms with Crippen LogP contribution in [0.1, 0.15) is 84.0 Å². The Morgan fingerprint density at radius 3 is 1.96 bits per heavy atom. The van der Waals surface area contributed by atoms with E-state index in [0.717, 1.165) is 43.9 Å². The summed E-state index contributed by atoms with van der Waals surface area (Å²) in [6, 6.07) is 0. The van der Waals surface area contributed by atoms with Crippen molar-refractivity contribution in [2.24, 2.45) is 41.4 Å². The molecule has 0 bridgehead atoms. The van der Waals surface area contributed by atoms with E-state index in [-0.39, 0.29) is 17.8 Å². The summed E-state index contributed by atoms with van der Waals surface area (Å²) in [6.07, 6.45) is 11.5. The zero-order valence-corrected chi connectivity index (χ0v) is 15.7. The molecule has 0 aliphatic heterocycles. The van der Waals surface area contributed by atoms with Gasteiger partial charge in [0.05, 0.1) is 5.92 Å². The van der Waals surface area contributed by atoms with Crippen LogP contribution >= 0.6 is 0 Å². The Balaban J connectivity index is 1.39. The summed E-state index contributed by atoms with van der Waals surface area (Å²) in [5.41, 5.74) is 0. The van der Waals surface area contributed by atoms with E-state index in [2.05, 4.69) is 0 Å². The molecule has 4 rings (SSSR count). The van der Waals surface area contributed by atoms with Crippen LogP contribution in [0.5, 0.6) is 0 Å². The van der Waals surface area contributed by atoms with Crippen LogP contribution in [0.4, 0.5) is 13.2 Å². The van der Waals surface area contributed by atoms with Gasteiger partial charge in [0.1, 0.15) is 6.17 Å². The monoisotopic (exact) mass is 356 g/mol. The van der Waals surface area contributed by atoms with Gasteiger partial charge in [0.25, 0.3) is 5.92 Å².